The standard InChI is InChI=1S/C30H41N3O6S/c1-3-26(30(35)31-24-13-9-6-10-14-24)32(18-17-23-11-7-5-8-12-23)29(34)22-33(40(36,37)4-2)25-15-16-27-28(21-25)39-20-19-38-27/h5,7-8,11-12,15-16,21,24,26H,3-4,6,9-10,13-14,17-20,22H2,1-2H3,(H,31,35)/t26-/m1/s1. The van der Waals surface area contributed by atoms with Crippen LogP contribution in [0.4, 0.5) is 5.69 Å². The SMILES string of the molecule is CC[C@H](C(=O)NC1CCCCC1)N(CCc1ccccc1)C(=O)CN(c1ccc2c(c1)OCCO2)S(=O)(=O)CC. The van der Waals surface area contributed by atoms with Gasteiger partial charge in [-0.2, -0.15) is 0 Å². The fourth-order valence-electron chi connectivity index (χ4n) is 5.35. The molecular formula is C30H41N3O6S. The third-order valence-corrected chi connectivity index (χ3v) is 9.36. The van der Waals surface area contributed by atoms with Gasteiger partial charge in [-0.25, -0.2) is 8.42 Å². The highest BCUT2D eigenvalue weighted by Crippen LogP contribution is 2.35. The number of carbonyl (C=O) groups is 2. The number of nitrogens with zero attached hydrogens (tertiary/aromatic N) is 2. The van der Waals surface area contributed by atoms with Crippen LogP contribution in [0.3, 0.4) is 0 Å². The summed E-state index contributed by atoms with van der Waals surface area (Å²) in [5.74, 6) is 0.184. The minimum atomic E-state index is -3.82. The Hall–Kier alpha value is -3.27. The van der Waals surface area contributed by atoms with E-state index in [-0.39, 0.29) is 17.7 Å². The molecule has 2 amide bonds. The van der Waals surface area contributed by atoms with Crippen LogP contribution in [0.1, 0.15) is 57.9 Å². The first-order chi connectivity index (χ1) is 19.3. The van der Waals surface area contributed by atoms with Crippen molar-refractivity contribution in [1.82, 2.24) is 10.2 Å². The molecule has 0 unspecified atom stereocenters. The Morgan fingerprint density at radius 1 is 0.975 bits per heavy atom. The molecule has 9 nitrogen and oxygen atoms in total. The third kappa shape index (κ3) is 7.47. The maximum Gasteiger partial charge on any atom is 0.244 e. The molecule has 1 N–H and O–H groups in total. The molecule has 4 rings (SSSR count). The summed E-state index contributed by atoms with van der Waals surface area (Å²) in [5.41, 5.74) is 1.36. The molecule has 1 heterocycles. The van der Waals surface area contributed by atoms with Crippen LogP contribution in [0.2, 0.25) is 0 Å². The largest absolute Gasteiger partial charge is 0.486 e. The molecular weight excluding hydrogens is 530 g/mol. The normalized spacial score (nSPS) is 16.1. The van der Waals surface area contributed by atoms with Crippen LogP contribution < -0.4 is 19.1 Å². The lowest BCUT2D eigenvalue weighted by atomic mass is 9.95. The van der Waals surface area contributed by atoms with Gasteiger partial charge in [0.1, 0.15) is 25.8 Å². The van der Waals surface area contributed by atoms with Gasteiger partial charge in [-0.3, -0.25) is 13.9 Å². The number of anilines is 1. The van der Waals surface area contributed by atoms with E-state index in [0.717, 1.165) is 35.6 Å². The Bertz CT molecular complexity index is 1250. The van der Waals surface area contributed by atoms with Crippen LogP contribution in [0, 0.1) is 0 Å². The van der Waals surface area contributed by atoms with Crippen LogP contribution in [0.25, 0.3) is 0 Å². The average molecular weight is 572 g/mol. The van der Waals surface area contributed by atoms with Crippen molar-refractivity contribution >= 4 is 27.5 Å². The van der Waals surface area contributed by atoms with Crippen molar-refractivity contribution < 1.29 is 27.5 Å². The first-order valence-electron chi connectivity index (χ1n) is 14.4. The van der Waals surface area contributed by atoms with Gasteiger partial charge in [-0.15, -0.1) is 0 Å². The second-order valence-corrected chi connectivity index (χ2v) is 12.5. The lowest BCUT2D eigenvalue weighted by Gasteiger charge is -2.34. The number of hydrogen-bond donors (Lipinski definition) is 1. The van der Waals surface area contributed by atoms with E-state index in [2.05, 4.69) is 5.32 Å². The summed E-state index contributed by atoms with van der Waals surface area (Å²) >= 11 is 0. The first-order valence-corrected chi connectivity index (χ1v) is 16.0. The van der Waals surface area contributed by atoms with Crippen molar-refractivity contribution in [3.63, 3.8) is 0 Å². The van der Waals surface area contributed by atoms with Gasteiger partial charge < -0.3 is 19.7 Å². The minimum Gasteiger partial charge on any atom is -0.486 e. The summed E-state index contributed by atoms with van der Waals surface area (Å²) < 4.78 is 38.9. The number of rotatable bonds is 12. The Labute approximate surface area is 237 Å². The summed E-state index contributed by atoms with van der Waals surface area (Å²) in [6, 6.07) is 14.0. The van der Waals surface area contributed by atoms with Gasteiger partial charge in [-0.1, -0.05) is 56.5 Å². The predicted molar refractivity (Wildman–Crippen MR) is 155 cm³/mol. The molecule has 10 heteroatoms. The number of amides is 2. The topological polar surface area (TPSA) is 105 Å². The lowest BCUT2D eigenvalue weighted by molar-refractivity contribution is -0.140. The van der Waals surface area contributed by atoms with E-state index in [9.17, 15) is 18.0 Å². The molecule has 2 aromatic rings. The summed E-state index contributed by atoms with van der Waals surface area (Å²) in [6.07, 6.45) is 6.18. The van der Waals surface area contributed by atoms with Gasteiger partial charge in [-0.05, 0) is 50.3 Å². The van der Waals surface area contributed by atoms with E-state index in [1.165, 1.54) is 6.42 Å². The maximum absolute atomic E-state index is 14.0. The highest BCUT2D eigenvalue weighted by Gasteiger charge is 2.33. The Balaban J connectivity index is 1.60. The summed E-state index contributed by atoms with van der Waals surface area (Å²) in [4.78, 5) is 29.0. The summed E-state index contributed by atoms with van der Waals surface area (Å²) in [6.45, 7) is 4.08. The Kier molecular flexibility index (Phi) is 10.3. The molecule has 1 saturated carbocycles. The summed E-state index contributed by atoms with van der Waals surface area (Å²) in [7, 11) is -3.82. The molecule has 0 aromatic heterocycles. The van der Waals surface area contributed by atoms with Crippen molar-refractivity contribution in [2.24, 2.45) is 0 Å². The Morgan fingerprint density at radius 3 is 2.35 bits per heavy atom. The highest BCUT2D eigenvalue weighted by atomic mass is 32.2. The number of nitrogens with one attached hydrogen (secondary N) is 1. The molecule has 2 aliphatic rings. The van der Waals surface area contributed by atoms with Gasteiger partial charge in [0.25, 0.3) is 0 Å². The number of hydrogen-bond acceptors (Lipinski definition) is 6. The van der Waals surface area contributed by atoms with Crippen LogP contribution in [0.5, 0.6) is 11.5 Å². The minimum absolute atomic E-state index is 0.107. The second-order valence-electron chi connectivity index (χ2n) is 10.3. The van der Waals surface area contributed by atoms with E-state index in [0.29, 0.717) is 49.8 Å². The van der Waals surface area contributed by atoms with Gasteiger partial charge in [0, 0.05) is 18.7 Å². The van der Waals surface area contributed by atoms with E-state index in [1.807, 2.05) is 37.3 Å². The molecule has 1 aliphatic heterocycles. The quantitative estimate of drug-likeness (QED) is 0.414. The number of carbonyl (C=O) groups excluding carboxylic acids is 2. The average Bonchev–Trinajstić information content (AvgIpc) is 2.98. The smallest absolute Gasteiger partial charge is 0.244 e. The van der Waals surface area contributed by atoms with Gasteiger partial charge >= 0.3 is 0 Å². The van der Waals surface area contributed by atoms with Crippen molar-refractivity contribution in [2.75, 3.05) is 36.4 Å². The van der Waals surface area contributed by atoms with Crippen LogP contribution in [-0.2, 0) is 26.0 Å². The predicted octanol–water partition coefficient (Wildman–Crippen LogP) is 3.91. The van der Waals surface area contributed by atoms with Crippen molar-refractivity contribution in [2.45, 2.75) is 70.9 Å². The van der Waals surface area contributed by atoms with Gasteiger partial charge in [0.15, 0.2) is 11.5 Å². The Morgan fingerprint density at radius 2 is 1.68 bits per heavy atom. The van der Waals surface area contributed by atoms with Crippen molar-refractivity contribution in [3.8, 4) is 11.5 Å². The molecule has 0 bridgehead atoms. The fourth-order valence-corrected chi connectivity index (χ4v) is 6.40. The molecule has 0 radical (unpaired) electrons. The molecule has 218 valence electrons. The molecule has 1 fully saturated rings. The third-order valence-electron chi connectivity index (χ3n) is 7.61. The second kappa shape index (κ2) is 13.9. The maximum atomic E-state index is 14.0. The van der Waals surface area contributed by atoms with Crippen LogP contribution in [0.15, 0.2) is 48.5 Å². The number of benzene rings is 2. The number of fused-ring (bicyclic) bond motifs is 1. The van der Waals surface area contributed by atoms with Crippen molar-refractivity contribution in [3.05, 3.63) is 54.1 Å². The van der Waals surface area contributed by atoms with E-state index in [4.69, 9.17) is 9.47 Å². The van der Waals surface area contributed by atoms with E-state index < -0.39 is 28.5 Å². The number of sulfonamides is 1. The lowest BCUT2D eigenvalue weighted by Crippen LogP contribution is -2.54. The number of ether oxygens (including phenoxy) is 2. The molecule has 1 aliphatic carbocycles. The van der Waals surface area contributed by atoms with E-state index in [1.54, 1.807) is 30.0 Å². The van der Waals surface area contributed by atoms with Gasteiger partial charge in [0.2, 0.25) is 21.8 Å². The monoisotopic (exact) mass is 571 g/mol. The van der Waals surface area contributed by atoms with Crippen molar-refractivity contribution in [1.29, 1.82) is 0 Å². The molecule has 1 atom stereocenters. The zero-order chi connectivity index (χ0) is 28.5. The van der Waals surface area contributed by atoms with Crippen LogP contribution >= 0.6 is 0 Å². The highest BCUT2D eigenvalue weighted by molar-refractivity contribution is 7.92. The van der Waals surface area contributed by atoms with Crippen LogP contribution in [-0.4, -0.2) is 69.3 Å². The molecule has 40 heavy (non-hydrogen) atoms. The molecule has 0 saturated heterocycles. The fraction of sp³-hybridized carbons (Fsp3) is 0.533. The zero-order valence-electron chi connectivity index (χ0n) is 23.5. The molecule has 2 aromatic carbocycles. The molecule has 0 spiro atoms. The van der Waals surface area contributed by atoms with E-state index >= 15 is 0 Å². The summed E-state index contributed by atoms with van der Waals surface area (Å²) in [5, 5.41) is 3.17. The first kappa shape index (κ1) is 29.7. The van der Waals surface area contributed by atoms with Gasteiger partial charge in [0.05, 0.1) is 11.4 Å². The zero-order valence-corrected chi connectivity index (χ0v) is 24.3.